The first-order valence-electron chi connectivity index (χ1n) is 11.3. The van der Waals surface area contributed by atoms with Gasteiger partial charge in [-0.2, -0.15) is 0 Å². The lowest BCUT2D eigenvalue weighted by atomic mass is 9.81. The highest BCUT2D eigenvalue weighted by Gasteiger charge is 2.25. The van der Waals surface area contributed by atoms with Crippen LogP contribution in [0.1, 0.15) is 46.7 Å². The van der Waals surface area contributed by atoms with E-state index in [1.54, 1.807) is 43.6 Å². The lowest BCUT2D eigenvalue weighted by Gasteiger charge is -2.25. The predicted octanol–water partition coefficient (Wildman–Crippen LogP) is 6.24. The van der Waals surface area contributed by atoms with Crippen molar-refractivity contribution in [2.75, 3.05) is 0 Å². The van der Waals surface area contributed by atoms with E-state index in [0.29, 0.717) is 22.7 Å². The maximum atomic E-state index is 13.9. The first-order chi connectivity index (χ1) is 17.3. The summed E-state index contributed by atoms with van der Waals surface area (Å²) < 4.78 is 15.3. The van der Waals surface area contributed by atoms with Crippen LogP contribution in [0.25, 0.3) is 11.1 Å². The summed E-state index contributed by atoms with van der Waals surface area (Å²) in [5, 5.41) is 22.8. The number of pyridine rings is 1. The molecule has 36 heavy (non-hydrogen) atoms. The van der Waals surface area contributed by atoms with Crippen LogP contribution >= 0.6 is 11.6 Å². The van der Waals surface area contributed by atoms with Gasteiger partial charge < -0.3 is 14.9 Å². The van der Waals surface area contributed by atoms with Crippen molar-refractivity contribution < 1.29 is 19.5 Å². The highest BCUT2D eigenvalue weighted by molar-refractivity contribution is 6.31. The smallest absolute Gasteiger partial charge is 0.335 e. The Morgan fingerprint density at radius 1 is 1.03 bits per heavy atom. The van der Waals surface area contributed by atoms with Crippen molar-refractivity contribution >= 4 is 23.3 Å². The first-order valence-corrected chi connectivity index (χ1v) is 11.7. The van der Waals surface area contributed by atoms with Gasteiger partial charge in [0.05, 0.1) is 11.3 Å². The van der Waals surface area contributed by atoms with Gasteiger partial charge in [0.1, 0.15) is 5.83 Å². The summed E-state index contributed by atoms with van der Waals surface area (Å²) in [5.41, 5.74) is 4.49. The third kappa shape index (κ3) is 5.47. The van der Waals surface area contributed by atoms with Crippen LogP contribution in [0.3, 0.4) is 0 Å². The molecule has 1 aromatic heterocycles. The fourth-order valence-corrected chi connectivity index (χ4v) is 4.69. The summed E-state index contributed by atoms with van der Waals surface area (Å²) in [6.07, 6.45) is 3.88. The van der Waals surface area contributed by atoms with Gasteiger partial charge in [-0.15, -0.1) is 0 Å². The number of carboxylic acid groups (broad SMARTS) is 1. The molecule has 0 amide bonds. The van der Waals surface area contributed by atoms with Gasteiger partial charge >= 0.3 is 5.97 Å². The topological polar surface area (TPSA) is 91.9 Å². The van der Waals surface area contributed by atoms with Crippen molar-refractivity contribution in [1.82, 2.24) is 4.57 Å². The minimum Gasteiger partial charge on any atom is -0.478 e. The molecule has 1 aliphatic rings. The number of rotatable bonds is 7. The quantitative estimate of drug-likeness (QED) is 0.225. The number of allylic oxidation sites excluding steroid dienone is 4. The largest absolute Gasteiger partial charge is 0.478 e. The summed E-state index contributed by atoms with van der Waals surface area (Å²) in [6, 6.07) is 17.3. The molecule has 0 spiro atoms. The fourth-order valence-electron chi connectivity index (χ4n) is 4.35. The van der Waals surface area contributed by atoms with Gasteiger partial charge in [-0.05, 0) is 53.0 Å². The standard InChI is InChI=1S/C28H24ClFN2O4/c1-32-16-21(10-13-27(32)33)26(31-36)15-24(23-12-11-22(30)14-25(23)29)19-6-2-17(3-7-19)18-4-8-20(9-5-18)28(34)35/h2-10,13-14,16,24,36H,11-12,15H2,1H3,(H,34,35)/b31-26+. The van der Waals surface area contributed by atoms with Crippen LogP contribution in [-0.4, -0.2) is 26.6 Å². The van der Waals surface area contributed by atoms with Gasteiger partial charge in [-0.3, -0.25) is 4.79 Å². The molecule has 4 rings (SSSR count). The molecule has 0 aliphatic heterocycles. The molecule has 0 bridgehead atoms. The van der Waals surface area contributed by atoms with E-state index in [9.17, 15) is 19.2 Å². The normalized spacial score (nSPS) is 15.0. The van der Waals surface area contributed by atoms with E-state index in [-0.39, 0.29) is 35.7 Å². The summed E-state index contributed by atoms with van der Waals surface area (Å²) in [4.78, 5) is 22.9. The van der Waals surface area contributed by atoms with E-state index in [1.165, 1.54) is 16.7 Å². The molecule has 2 aromatic carbocycles. The number of nitrogens with zero attached hydrogens (tertiary/aromatic N) is 2. The van der Waals surface area contributed by atoms with Gasteiger partial charge in [-0.1, -0.05) is 53.2 Å². The van der Waals surface area contributed by atoms with Crippen LogP contribution in [0, 0.1) is 0 Å². The van der Waals surface area contributed by atoms with Gasteiger partial charge in [0.15, 0.2) is 0 Å². The second kappa shape index (κ2) is 10.7. The van der Waals surface area contributed by atoms with Crippen molar-refractivity contribution in [3.63, 3.8) is 0 Å². The van der Waals surface area contributed by atoms with Crippen molar-refractivity contribution in [3.8, 4) is 11.1 Å². The zero-order valence-corrected chi connectivity index (χ0v) is 20.2. The maximum Gasteiger partial charge on any atom is 0.335 e. The lowest BCUT2D eigenvalue weighted by molar-refractivity contribution is 0.0697. The van der Waals surface area contributed by atoms with Gasteiger partial charge in [-0.25, -0.2) is 9.18 Å². The SMILES string of the molecule is Cn1cc(/C(CC(C2=C(Cl)C=C(F)CC2)c2ccc(-c3ccc(C(=O)O)cc3)cc2)=N/O)ccc1=O. The Morgan fingerprint density at radius 2 is 1.64 bits per heavy atom. The Morgan fingerprint density at radius 3 is 2.19 bits per heavy atom. The van der Waals surface area contributed by atoms with Crippen LogP contribution < -0.4 is 5.56 Å². The fraction of sp³-hybridized carbons (Fsp3) is 0.179. The molecule has 184 valence electrons. The van der Waals surface area contributed by atoms with E-state index < -0.39 is 5.97 Å². The van der Waals surface area contributed by atoms with Crippen LogP contribution in [-0.2, 0) is 7.05 Å². The molecule has 6 nitrogen and oxygen atoms in total. The molecule has 8 heteroatoms. The number of aromatic nitrogens is 1. The van der Waals surface area contributed by atoms with Crippen molar-refractivity contribution in [2.24, 2.45) is 12.2 Å². The number of halogens is 2. The molecule has 1 heterocycles. The van der Waals surface area contributed by atoms with Gasteiger partial charge in [0, 0.05) is 48.7 Å². The second-order valence-electron chi connectivity index (χ2n) is 8.64. The highest BCUT2D eigenvalue weighted by atomic mass is 35.5. The number of hydrogen-bond donors (Lipinski definition) is 2. The zero-order valence-electron chi connectivity index (χ0n) is 19.5. The molecule has 0 radical (unpaired) electrons. The Kier molecular flexibility index (Phi) is 7.50. The number of hydrogen-bond acceptors (Lipinski definition) is 4. The Hall–Kier alpha value is -3.97. The number of oxime groups is 1. The second-order valence-corrected chi connectivity index (χ2v) is 9.05. The molecule has 1 aliphatic carbocycles. The Balaban J connectivity index is 1.71. The molecular formula is C28H24ClFN2O4. The number of benzene rings is 2. The van der Waals surface area contributed by atoms with Crippen molar-refractivity contribution in [1.29, 1.82) is 0 Å². The minimum atomic E-state index is -0.984. The van der Waals surface area contributed by atoms with Crippen molar-refractivity contribution in [2.45, 2.75) is 25.2 Å². The molecule has 2 N–H and O–H groups in total. The minimum absolute atomic E-state index is 0.182. The zero-order chi connectivity index (χ0) is 25.8. The highest BCUT2D eigenvalue weighted by Crippen LogP contribution is 2.40. The van der Waals surface area contributed by atoms with Crippen LogP contribution in [0.2, 0.25) is 0 Å². The van der Waals surface area contributed by atoms with Crippen LogP contribution in [0.15, 0.2) is 99.3 Å². The Bertz CT molecular complexity index is 1440. The third-order valence-electron chi connectivity index (χ3n) is 6.36. The molecule has 1 unspecified atom stereocenters. The van der Waals surface area contributed by atoms with Crippen molar-refractivity contribution in [3.05, 3.63) is 116 Å². The Labute approximate surface area is 212 Å². The maximum absolute atomic E-state index is 13.9. The third-order valence-corrected chi connectivity index (χ3v) is 6.71. The van der Waals surface area contributed by atoms with Crippen LogP contribution in [0.5, 0.6) is 0 Å². The van der Waals surface area contributed by atoms with Gasteiger partial charge in [0.2, 0.25) is 5.56 Å². The monoisotopic (exact) mass is 506 g/mol. The summed E-state index contributed by atoms with van der Waals surface area (Å²) in [6.45, 7) is 0. The molecule has 0 saturated heterocycles. The van der Waals surface area contributed by atoms with E-state index in [1.807, 2.05) is 24.3 Å². The average Bonchev–Trinajstić information content (AvgIpc) is 2.87. The number of aryl methyl sites for hydroxylation is 1. The van der Waals surface area contributed by atoms with E-state index in [0.717, 1.165) is 22.3 Å². The molecule has 0 saturated carbocycles. The van der Waals surface area contributed by atoms with E-state index in [2.05, 4.69) is 5.16 Å². The lowest BCUT2D eigenvalue weighted by Crippen LogP contribution is -2.18. The van der Waals surface area contributed by atoms with E-state index in [4.69, 9.17) is 16.7 Å². The summed E-state index contributed by atoms with van der Waals surface area (Å²) >= 11 is 6.48. The number of carbonyl (C=O) groups is 1. The number of carboxylic acids is 1. The number of aromatic carboxylic acids is 1. The van der Waals surface area contributed by atoms with Crippen LogP contribution in [0.4, 0.5) is 4.39 Å². The molecule has 3 aromatic rings. The average molecular weight is 507 g/mol. The molecular weight excluding hydrogens is 483 g/mol. The molecule has 1 atom stereocenters. The predicted molar refractivity (Wildman–Crippen MR) is 138 cm³/mol. The van der Waals surface area contributed by atoms with E-state index >= 15 is 0 Å². The summed E-state index contributed by atoms with van der Waals surface area (Å²) in [5.74, 6) is -1.56. The molecule has 0 fully saturated rings. The summed E-state index contributed by atoms with van der Waals surface area (Å²) in [7, 11) is 1.62. The first kappa shape index (κ1) is 25.1. The van der Waals surface area contributed by atoms with Gasteiger partial charge in [0.25, 0.3) is 0 Å².